The molecule has 3 N–H and O–H groups in total. The first-order chi connectivity index (χ1) is 12.8. The number of nitrogens with zero attached hydrogens (tertiary/aromatic N) is 2. The predicted octanol–water partition coefficient (Wildman–Crippen LogP) is 3.60. The summed E-state index contributed by atoms with van der Waals surface area (Å²) in [5, 5.41) is 13.4. The summed E-state index contributed by atoms with van der Waals surface area (Å²) in [5.74, 6) is 0. The van der Waals surface area contributed by atoms with Crippen LogP contribution in [0.15, 0.2) is 53.4 Å². The third-order valence-electron chi connectivity index (χ3n) is 4.58. The van der Waals surface area contributed by atoms with Crippen LogP contribution >= 0.6 is 0 Å². The van der Waals surface area contributed by atoms with E-state index in [1.165, 1.54) is 0 Å². The lowest BCUT2D eigenvalue weighted by Crippen LogP contribution is -2.21. The number of nitrogens with one attached hydrogen (secondary N) is 1. The Bertz CT molecular complexity index is 996. The maximum absolute atomic E-state index is 12.8. The molecule has 1 atom stereocenters. The molecule has 0 aliphatic heterocycles. The number of aryl methyl sites for hydroxylation is 2. The SMILES string of the molecule is Cc1nn(C)c(C)c1N[S+](=O)(O)c1ccc(-c2cccc(CCO)c2)cc1. The number of aromatic nitrogens is 2. The van der Waals surface area contributed by atoms with E-state index in [1.807, 2.05) is 43.3 Å². The van der Waals surface area contributed by atoms with Crippen LogP contribution in [0.1, 0.15) is 17.0 Å². The lowest BCUT2D eigenvalue weighted by atomic mass is 10.0. The number of hydrogen-bond acceptors (Lipinski definition) is 3. The van der Waals surface area contributed by atoms with Crippen molar-refractivity contribution in [1.29, 1.82) is 0 Å². The Labute approximate surface area is 160 Å². The van der Waals surface area contributed by atoms with Gasteiger partial charge in [0.2, 0.25) is 4.90 Å². The van der Waals surface area contributed by atoms with E-state index in [0.29, 0.717) is 22.7 Å². The first kappa shape index (κ1) is 19.3. The first-order valence-corrected chi connectivity index (χ1v) is 10.2. The Balaban J connectivity index is 1.86. The zero-order valence-electron chi connectivity index (χ0n) is 15.6. The van der Waals surface area contributed by atoms with Gasteiger partial charge in [0.15, 0.2) is 0 Å². The number of hydrogen-bond donors (Lipinski definition) is 3. The zero-order chi connectivity index (χ0) is 19.6. The van der Waals surface area contributed by atoms with Crippen molar-refractivity contribution in [3.63, 3.8) is 0 Å². The van der Waals surface area contributed by atoms with Gasteiger partial charge in [-0.2, -0.15) is 14.4 Å². The van der Waals surface area contributed by atoms with Crippen molar-refractivity contribution in [3.05, 3.63) is 65.5 Å². The molecule has 0 saturated heterocycles. The van der Waals surface area contributed by atoms with E-state index in [-0.39, 0.29) is 6.61 Å². The normalized spacial score (nSPS) is 13.4. The summed E-state index contributed by atoms with van der Waals surface area (Å²) in [6.45, 7) is 3.75. The van der Waals surface area contributed by atoms with Crippen molar-refractivity contribution >= 4 is 16.1 Å². The Morgan fingerprint density at radius 2 is 1.81 bits per heavy atom. The minimum Gasteiger partial charge on any atom is -0.396 e. The average molecular weight is 386 g/mol. The van der Waals surface area contributed by atoms with Gasteiger partial charge in [-0.05, 0) is 65.4 Å². The van der Waals surface area contributed by atoms with Crippen LogP contribution in [0.2, 0.25) is 0 Å². The molecular formula is C20H24N3O3S+. The summed E-state index contributed by atoms with van der Waals surface area (Å²) in [7, 11) is -1.65. The summed E-state index contributed by atoms with van der Waals surface area (Å²) < 4.78 is 27.8. The summed E-state index contributed by atoms with van der Waals surface area (Å²) in [4.78, 5) is 0.306. The molecule has 2 aromatic carbocycles. The molecule has 6 nitrogen and oxygen atoms in total. The topological polar surface area (TPSA) is 87.4 Å². The Morgan fingerprint density at radius 1 is 1.11 bits per heavy atom. The molecule has 0 saturated carbocycles. The third-order valence-corrected chi connectivity index (χ3v) is 5.98. The van der Waals surface area contributed by atoms with Crippen LogP contribution in [0, 0.1) is 13.8 Å². The second-order valence-electron chi connectivity index (χ2n) is 6.50. The van der Waals surface area contributed by atoms with Crippen LogP contribution in [-0.4, -0.2) is 26.0 Å². The maximum atomic E-state index is 12.8. The fourth-order valence-corrected chi connectivity index (χ4v) is 4.18. The van der Waals surface area contributed by atoms with Crippen molar-refractivity contribution < 1.29 is 13.9 Å². The van der Waals surface area contributed by atoms with Crippen LogP contribution < -0.4 is 4.72 Å². The Hall–Kier alpha value is -2.48. The zero-order valence-corrected chi connectivity index (χ0v) is 16.5. The van der Waals surface area contributed by atoms with Gasteiger partial charge in [0.25, 0.3) is 0 Å². The van der Waals surface area contributed by atoms with Gasteiger partial charge in [-0.25, -0.2) is 0 Å². The smallest absolute Gasteiger partial charge is 0.346 e. The van der Waals surface area contributed by atoms with Gasteiger partial charge in [0, 0.05) is 13.7 Å². The standard InChI is InChI=1S/C20H23N3O3S/c1-14-20(15(2)23(3)21-14)22-27(25,26)19-9-7-17(8-10-19)18-6-4-5-16(13-18)11-12-24/h4-10,13,24H,11-12H2,1-3H3,(H-,22,25,26)/p+1. The largest absolute Gasteiger partial charge is 0.396 e. The van der Waals surface area contributed by atoms with E-state index >= 15 is 0 Å². The molecule has 1 heterocycles. The number of aliphatic hydroxyl groups excluding tert-OH is 1. The van der Waals surface area contributed by atoms with Gasteiger partial charge in [-0.15, -0.1) is 0 Å². The molecule has 142 valence electrons. The number of anilines is 1. The van der Waals surface area contributed by atoms with E-state index in [2.05, 4.69) is 9.82 Å². The number of benzene rings is 2. The Morgan fingerprint density at radius 3 is 2.41 bits per heavy atom. The molecule has 7 heteroatoms. The second kappa shape index (κ2) is 7.64. The molecule has 0 amide bonds. The molecule has 27 heavy (non-hydrogen) atoms. The van der Waals surface area contributed by atoms with Crippen molar-refractivity contribution in [1.82, 2.24) is 9.78 Å². The predicted molar refractivity (Wildman–Crippen MR) is 108 cm³/mol. The number of rotatable bonds is 6. The summed E-state index contributed by atoms with van der Waals surface area (Å²) >= 11 is 0. The highest BCUT2D eigenvalue weighted by Gasteiger charge is 2.31. The van der Waals surface area contributed by atoms with E-state index in [1.54, 1.807) is 30.8 Å². The molecule has 1 unspecified atom stereocenters. The third kappa shape index (κ3) is 4.10. The van der Waals surface area contributed by atoms with E-state index in [4.69, 9.17) is 5.11 Å². The summed E-state index contributed by atoms with van der Waals surface area (Å²) in [6, 6.07) is 14.9. The average Bonchev–Trinajstić information content (AvgIpc) is 2.88. The highest BCUT2D eigenvalue weighted by atomic mass is 32.3. The molecule has 0 fully saturated rings. The van der Waals surface area contributed by atoms with Gasteiger partial charge in [0.1, 0.15) is 5.69 Å². The molecule has 0 aliphatic carbocycles. The minimum atomic E-state index is -3.45. The van der Waals surface area contributed by atoms with E-state index < -0.39 is 10.4 Å². The highest BCUT2D eigenvalue weighted by Crippen LogP contribution is 2.28. The fourth-order valence-electron chi connectivity index (χ4n) is 2.99. The van der Waals surface area contributed by atoms with Crippen LogP contribution in [-0.2, 0) is 28.1 Å². The first-order valence-electron chi connectivity index (χ1n) is 8.66. The van der Waals surface area contributed by atoms with Crippen molar-refractivity contribution in [2.75, 3.05) is 11.3 Å². The van der Waals surface area contributed by atoms with Gasteiger partial charge < -0.3 is 5.11 Å². The minimum absolute atomic E-state index is 0.105. The van der Waals surface area contributed by atoms with Crippen LogP contribution in [0.5, 0.6) is 0 Å². The van der Waals surface area contributed by atoms with Gasteiger partial charge in [-0.3, -0.25) is 4.68 Å². The molecule has 0 bridgehead atoms. The monoisotopic (exact) mass is 386 g/mol. The maximum Gasteiger partial charge on any atom is 0.346 e. The number of aliphatic hydroxyl groups is 1. The van der Waals surface area contributed by atoms with Crippen molar-refractivity contribution in [3.8, 4) is 11.1 Å². The van der Waals surface area contributed by atoms with Crippen LogP contribution in [0.4, 0.5) is 5.69 Å². The molecule has 1 aromatic heterocycles. The van der Waals surface area contributed by atoms with Gasteiger partial charge in [0.05, 0.1) is 11.4 Å². The summed E-state index contributed by atoms with van der Waals surface area (Å²) in [5.41, 5.74) is 5.05. The van der Waals surface area contributed by atoms with Crippen LogP contribution in [0.3, 0.4) is 0 Å². The highest BCUT2D eigenvalue weighted by molar-refractivity contribution is 7.99. The van der Waals surface area contributed by atoms with Gasteiger partial charge >= 0.3 is 10.4 Å². The molecule has 3 rings (SSSR count). The van der Waals surface area contributed by atoms with Crippen LogP contribution in [0.25, 0.3) is 11.1 Å². The lowest BCUT2D eigenvalue weighted by Gasteiger charge is -2.09. The van der Waals surface area contributed by atoms with E-state index in [9.17, 15) is 8.76 Å². The second-order valence-corrected chi connectivity index (χ2v) is 8.22. The molecule has 0 aliphatic rings. The molecule has 0 spiro atoms. The Kier molecular flexibility index (Phi) is 5.46. The quantitative estimate of drug-likeness (QED) is 0.565. The van der Waals surface area contributed by atoms with Gasteiger partial charge in [-0.1, -0.05) is 24.3 Å². The molecule has 3 aromatic rings. The fraction of sp³-hybridized carbons (Fsp3) is 0.250. The van der Waals surface area contributed by atoms with Crippen molar-refractivity contribution in [2.45, 2.75) is 25.2 Å². The lowest BCUT2D eigenvalue weighted by molar-refractivity contribution is 0.299. The summed E-state index contributed by atoms with van der Waals surface area (Å²) in [6.07, 6.45) is 0.601. The molecular weight excluding hydrogens is 362 g/mol. The van der Waals surface area contributed by atoms with E-state index in [0.717, 1.165) is 22.4 Å². The molecule has 0 radical (unpaired) electrons. The van der Waals surface area contributed by atoms with Crippen molar-refractivity contribution in [2.24, 2.45) is 7.05 Å².